The zero-order chi connectivity index (χ0) is 12.1. The Morgan fingerprint density at radius 1 is 1.59 bits per heavy atom. The third kappa shape index (κ3) is 3.40. The van der Waals surface area contributed by atoms with Gasteiger partial charge in [-0.3, -0.25) is 9.69 Å². The van der Waals surface area contributed by atoms with Crippen molar-refractivity contribution < 1.29 is 4.79 Å². The zero-order valence-corrected chi connectivity index (χ0v) is 9.65. The third-order valence-corrected chi connectivity index (χ3v) is 2.72. The van der Waals surface area contributed by atoms with Crippen molar-refractivity contribution in [2.75, 3.05) is 25.1 Å². The number of pyridine rings is 1. The summed E-state index contributed by atoms with van der Waals surface area (Å²) >= 11 is 0. The van der Waals surface area contributed by atoms with Crippen molar-refractivity contribution in [2.24, 2.45) is 5.84 Å². The fourth-order valence-corrected chi connectivity index (χ4v) is 1.91. The maximum Gasteiger partial charge on any atom is 0.234 e. The largest absolute Gasteiger partial charge is 0.355 e. The Bertz CT molecular complexity index is 395. The first-order valence-electron chi connectivity index (χ1n) is 5.68. The molecule has 1 amide bonds. The van der Waals surface area contributed by atoms with Crippen LogP contribution in [0.15, 0.2) is 18.3 Å². The molecule has 1 saturated heterocycles. The van der Waals surface area contributed by atoms with E-state index in [0.717, 1.165) is 31.6 Å². The monoisotopic (exact) mass is 235 g/mol. The van der Waals surface area contributed by atoms with Gasteiger partial charge >= 0.3 is 0 Å². The second kappa shape index (κ2) is 5.60. The van der Waals surface area contributed by atoms with Gasteiger partial charge in [-0.15, -0.1) is 0 Å². The van der Waals surface area contributed by atoms with E-state index in [1.165, 1.54) is 0 Å². The van der Waals surface area contributed by atoms with Gasteiger partial charge in [-0.1, -0.05) is 0 Å². The van der Waals surface area contributed by atoms with Crippen molar-refractivity contribution in [3.05, 3.63) is 23.9 Å². The second-order valence-corrected chi connectivity index (χ2v) is 4.11. The standard InChI is InChI=1S/C11H17N5O/c12-15-10-6-9(2-4-13-10)7-16-5-1-3-14-11(17)8-16/h2,4,6H,1,3,5,7-8,12H2,(H,13,15)(H,14,17). The molecule has 1 aromatic heterocycles. The first-order valence-corrected chi connectivity index (χ1v) is 5.68. The van der Waals surface area contributed by atoms with Crippen molar-refractivity contribution in [1.29, 1.82) is 0 Å². The summed E-state index contributed by atoms with van der Waals surface area (Å²) in [6.45, 7) is 2.88. The van der Waals surface area contributed by atoms with Gasteiger partial charge in [0.2, 0.25) is 5.91 Å². The number of carbonyl (C=O) groups excluding carboxylic acids is 1. The van der Waals surface area contributed by atoms with Crippen LogP contribution in [0.2, 0.25) is 0 Å². The average Bonchev–Trinajstić information content (AvgIpc) is 2.54. The third-order valence-electron chi connectivity index (χ3n) is 2.72. The number of carbonyl (C=O) groups is 1. The summed E-state index contributed by atoms with van der Waals surface area (Å²) in [5, 5.41) is 2.86. The molecule has 0 aliphatic carbocycles. The van der Waals surface area contributed by atoms with E-state index >= 15 is 0 Å². The number of nitrogens with one attached hydrogen (secondary N) is 2. The topological polar surface area (TPSA) is 83.3 Å². The number of hydrogen-bond acceptors (Lipinski definition) is 5. The normalized spacial score (nSPS) is 17.4. The fourth-order valence-electron chi connectivity index (χ4n) is 1.91. The van der Waals surface area contributed by atoms with Crippen LogP contribution in [0, 0.1) is 0 Å². The average molecular weight is 235 g/mol. The van der Waals surface area contributed by atoms with Gasteiger partial charge in [0, 0.05) is 25.8 Å². The number of amides is 1. The van der Waals surface area contributed by atoms with Gasteiger partial charge in [0.15, 0.2) is 0 Å². The van der Waals surface area contributed by atoms with E-state index in [4.69, 9.17) is 5.84 Å². The Balaban J connectivity index is 2.00. The predicted molar refractivity (Wildman–Crippen MR) is 65.0 cm³/mol. The lowest BCUT2D eigenvalue weighted by Crippen LogP contribution is -2.32. The molecule has 1 fully saturated rings. The molecule has 1 aliphatic heterocycles. The SMILES string of the molecule is NNc1cc(CN2CCCNC(=O)C2)ccn1. The van der Waals surface area contributed by atoms with Crippen molar-refractivity contribution >= 4 is 11.7 Å². The second-order valence-electron chi connectivity index (χ2n) is 4.11. The van der Waals surface area contributed by atoms with Crippen LogP contribution in [0.25, 0.3) is 0 Å². The highest BCUT2D eigenvalue weighted by atomic mass is 16.2. The van der Waals surface area contributed by atoms with Gasteiger partial charge in [-0.25, -0.2) is 10.8 Å². The van der Waals surface area contributed by atoms with Gasteiger partial charge in [0.25, 0.3) is 0 Å². The lowest BCUT2D eigenvalue weighted by molar-refractivity contribution is -0.121. The van der Waals surface area contributed by atoms with E-state index < -0.39 is 0 Å². The van der Waals surface area contributed by atoms with Crippen molar-refractivity contribution in [3.8, 4) is 0 Å². The van der Waals surface area contributed by atoms with E-state index in [9.17, 15) is 4.79 Å². The van der Waals surface area contributed by atoms with Crippen LogP contribution in [0.1, 0.15) is 12.0 Å². The predicted octanol–water partition coefficient (Wildman–Crippen LogP) is -0.311. The molecule has 0 aromatic carbocycles. The first kappa shape index (κ1) is 11.8. The molecule has 1 aromatic rings. The molecule has 6 heteroatoms. The number of anilines is 1. The van der Waals surface area contributed by atoms with E-state index in [1.807, 2.05) is 12.1 Å². The maximum atomic E-state index is 11.4. The maximum absolute atomic E-state index is 11.4. The lowest BCUT2D eigenvalue weighted by Gasteiger charge is -2.18. The molecule has 0 unspecified atom stereocenters. The molecule has 2 heterocycles. The van der Waals surface area contributed by atoms with Crippen molar-refractivity contribution in [3.63, 3.8) is 0 Å². The number of nitrogen functional groups attached to an aromatic ring is 1. The first-order chi connectivity index (χ1) is 8.28. The lowest BCUT2D eigenvalue weighted by atomic mass is 10.2. The Hall–Kier alpha value is -1.66. The summed E-state index contributed by atoms with van der Waals surface area (Å²) in [7, 11) is 0. The molecule has 2 rings (SSSR count). The van der Waals surface area contributed by atoms with Gasteiger partial charge in [0.05, 0.1) is 6.54 Å². The summed E-state index contributed by atoms with van der Waals surface area (Å²) < 4.78 is 0. The molecular weight excluding hydrogens is 218 g/mol. The van der Waals surface area contributed by atoms with E-state index in [2.05, 4.69) is 20.6 Å². The highest BCUT2D eigenvalue weighted by molar-refractivity contribution is 5.78. The van der Waals surface area contributed by atoms with Crippen molar-refractivity contribution in [2.45, 2.75) is 13.0 Å². The van der Waals surface area contributed by atoms with Gasteiger partial charge in [-0.05, 0) is 24.1 Å². The van der Waals surface area contributed by atoms with E-state index in [0.29, 0.717) is 12.4 Å². The van der Waals surface area contributed by atoms with E-state index in [1.54, 1.807) is 6.20 Å². The Morgan fingerprint density at radius 2 is 2.47 bits per heavy atom. The molecule has 0 spiro atoms. The molecule has 0 bridgehead atoms. The number of hydrazine groups is 1. The van der Waals surface area contributed by atoms with Crippen LogP contribution in [0.3, 0.4) is 0 Å². The van der Waals surface area contributed by atoms with Gasteiger partial charge in [0.1, 0.15) is 5.82 Å². The quantitative estimate of drug-likeness (QED) is 0.494. The number of rotatable bonds is 3. The number of aromatic nitrogens is 1. The van der Waals surface area contributed by atoms with E-state index in [-0.39, 0.29) is 5.91 Å². The van der Waals surface area contributed by atoms with Crippen LogP contribution in [-0.4, -0.2) is 35.4 Å². The van der Waals surface area contributed by atoms with Crippen LogP contribution >= 0.6 is 0 Å². The summed E-state index contributed by atoms with van der Waals surface area (Å²) in [6, 6.07) is 3.83. The number of nitrogens with two attached hydrogens (primary N) is 1. The highest BCUT2D eigenvalue weighted by Crippen LogP contribution is 2.09. The number of hydrogen-bond donors (Lipinski definition) is 3. The molecule has 0 radical (unpaired) electrons. The molecule has 1 aliphatic rings. The fraction of sp³-hybridized carbons (Fsp3) is 0.455. The Labute approximate surface area is 100 Å². The molecule has 0 saturated carbocycles. The summed E-state index contributed by atoms with van der Waals surface area (Å²) in [4.78, 5) is 17.6. The zero-order valence-electron chi connectivity index (χ0n) is 9.65. The van der Waals surface area contributed by atoms with Gasteiger partial charge < -0.3 is 10.7 Å². The molecule has 4 N–H and O–H groups in total. The molecular formula is C11H17N5O. The van der Waals surface area contributed by atoms with Gasteiger partial charge in [-0.2, -0.15) is 0 Å². The van der Waals surface area contributed by atoms with Crippen LogP contribution in [0.4, 0.5) is 5.82 Å². The molecule has 6 nitrogen and oxygen atoms in total. The molecule has 0 atom stereocenters. The summed E-state index contributed by atoms with van der Waals surface area (Å²) in [5.41, 5.74) is 3.62. The van der Waals surface area contributed by atoms with Crippen LogP contribution in [-0.2, 0) is 11.3 Å². The minimum absolute atomic E-state index is 0.0914. The van der Waals surface area contributed by atoms with Crippen molar-refractivity contribution in [1.82, 2.24) is 15.2 Å². The van der Waals surface area contributed by atoms with Crippen LogP contribution in [0.5, 0.6) is 0 Å². The Morgan fingerprint density at radius 3 is 3.29 bits per heavy atom. The minimum atomic E-state index is 0.0914. The minimum Gasteiger partial charge on any atom is -0.355 e. The number of nitrogens with zero attached hydrogens (tertiary/aromatic N) is 2. The highest BCUT2D eigenvalue weighted by Gasteiger charge is 2.14. The molecule has 92 valence electrons. The van der Waals surface area contributed by atoms with Crippen LogP contribution < -0.4 is 16.6 Å². The summed E-state index contributed by atoms with van der Waals surface area (Å²) in [6.07, 6.45) is 2.70. The summed E-state index contributed by atoms with van der Waals surface area (Å²) in [5.74, 6) is 6.04. The Kier molecular flexibility index (Phi) is 3.89. The molecule has 17 heavy (non-hydrogen) atoms. The smallest absolute Gasteiger partial charge is 0.234 e.